The largest absolute Gasteiger partial charge is 0.378 e. The normalized spacial score (nSPS) is 18.7. The molecule has 120 valence electrons. The molecular formula is C18H19ClN2O2. The van der Waals surface area contributed by atoms with E-state index in [0.29, 0.717) is 31.2 Å². The zero-order valence-electron chi connectivity index (χ0n) is 12.8. The third-order valence-electron chi connectivity index (χ3n) is 4.10. The number of hydrogen-bond acceptors (Lipinski definition) is 4. The SMILES string of the molecule is O=C(C[C@@H]1COCCN1Cc1ccncc1Cl)c1ccccc1. The molecule has 1 aliphatic heterocycles. The number of Topliss-reactive ketones (excluding diaryl/α,β-unsaturated/α-hetero) is 1. The number of carbonyl (C=O) groups excluding carboxylic acids is 1. The molecule has 1 atom stereocenters. The number of aromatic nitrogens is 1. The third-order valence-corrected chi connectivity index (χ3v) is 4.44. The Balaban J connectivity index is 1.69. The third kappa shape index (κ3) is 4.16. The van der Waals surface area contributed by atoms with Gasteiger partial charge >= 0.3 is 0 Å². The first-order valence-electron chi connectivity index (χ1n) is 7.72. The molecule has 1 saturated heterocycles. The van der Waals surface area contributed by atoms with E-state index in [1.165, 1.54) is 0 Å². The average Bonchev–Trinajstić information content (AvgIpc) is 2.59. The monoisotopic (exact) mass is 330 g/mol. The van der Waals surface area contributed by atoms with Crippen LogP contribution in [-0.2, 0) is 11.3 Å². The summed E-state index contributed by atoms with van der Waals surface area (Å²) in [6.07, 6.45) is 3.85. The summed E-state index contributed by atoms with van der Waals surface area (Å²) in [7, 11) is 0. The molecule has 0 unspecified atom stereocenters. The Morgan fingerprint density at radius 3 is 2.91 bits per heavy atom. The van der Waals surface area contributed by atoms with Crippen molar-refractivity contribution in [2.24, 2.45) is 0 Å². The van der Waals surface area contributed by atoms with E-state index in [0.717, 1.165) is 17.7 Å². The first-order valence-corrected chi connectivity index (χ1v) is 8.10. The standard InChI is InChI=1S/C18H19ClN2O2/c19-17-11-20-7-6-15(17)12-21-8-9-23-13-16(21)10-18(22)14-4-2-1-3-5-14/h1-7,11,16H,8-10,12-13H2/t16-/m1/s1. The van der Waals surface area contributed by atoms with E-state index in [9.17, 15) is 4.79 Å². The number of ketones is 1. The van der Waals surface area contributed by atoms with Gasteiger partial charge in [-0.25, -0.2) is 0 Å². The highest BCUT2D eigenvalue weighted by Gasteiger charge is 2.26. The van der Waals surface area contributed by atoms with Crippen LogP contribution in [0.25, 0.3) is 0 Å². The fourth-order valence-electron chi connectivity index (χ4n) is 2.79. The van der Waals surface area contributed by atoms with Gasteiger partial charge in [-0.1, -0.05) is 41.9 Å². The first kappa shape index (κ1) is 16.1. The van der Waals surface area contributed by atoms with Crippen molar-refractivity contribution in [1.82, 2.24) is 9.88 Å². The van der Waals surface area contributed by atoms with Crippen LogP contribution in [0.2, 0.25) is 5.02 Å². The van der Waals surface area contributed by atoms with Crippen LogP contribution in [0.15, 0.2) is 48.8 Å². The maximum atomic E-state index is 12.5. The number of hydrogen-bond donors (Lipinski definition) is 0. The Hall–Kier alpha value is -1.75. The van der Waals surface area contributed by atoms with Crippen molar-refractivity contribution < 1.29 is 9.53 Å². The molecule has 0 saturated carbocycles. The lowest BCUT2D eigenvalue weighted by molar-refractivity contribution is -0.0125. The van der Waals surface area contributed by atoms with Crippen LogP contribution in [0.1, 0.15) is 22.3 Å². The Morgan fingerprint density at radius 1 is 1.30 bits per heavy atom. The second-order valence-electron chi connectivity index (χ2n) is 5.66. The summed E-state index contributed by atoms with van der Waals surface area (Å²) in [5.74, 6) is 0.145. The van der Waals surface area contributed by atoms with Crippen molar-refractivity contribution in [3.63, 3.8) is 0 Å². The molecule has 1 aliphatic rings. The predicted octanol–water partition coefficient (Wildman–Crippen LogP) is 3.21. The predicted molar refractivity (Wildman–Crippen MR) is 89.7 cm³/mol. The van der Waals surface area contributed by atoms with Crippen LogP contribution in [-0.4, -0.2) is 41.5 Å². The number of benzene rings is 1. The molecule has 0 aliphatic carbocycles. The molecular weight excluding hydrogens is 312 g/mol. The van der Waals surface area contributed by atoms with Crippen molar-refractivity contribution >= 4 is 17.4 Å². The van der Waals surface area contributed by atoms with E-state index < -0.39 is 0 Å². The molecule has 1 aromatic heterocycles. The van der Waals surface area contributed by atoms with Gasteiger partial charge in [0.2, 0.25) is 0 Å². The van der Waals surface area contributed by atoms with Crippen LogP contribution < -0.4 is 0 Å². The molecule has 4 nitrogen and oxygen atoms in total. The zero-order chi connectivity index (χ0) is 16.1. The summed E-state index contributed by atoms with van der Waals surface area (Å²) in [6.45, 7) is 2.75. The molecule has 2 heterocycles. The number of pyridine rings is 1. The average molecular weight is 331 g/mol. The van der Waals surface area contributed by atoms with Gasteiger partial charge in [-0.3, -0.25) is 14.7 Å². The molecule has 0 N–H and O–H groups in total. The Bertz CT molecular complexity index is 663. The number of halogens is 1. The van der Waals surface area contributed by atoms with Crippen molar-refractivity contribution in [2.45, 2.75) is 19.0 Å². The lowest BCUT2D eigenvalue weighted by Gasteiger charge is -2.35. The number of morpholine rings is 1. The maximum Gasteiger partial charge on any atom is 0.164 e. The molecule has 0 amide bonds. The van der Waals surface area contributed by atoms with Gasteiger partial charge in [-0.15, -0.1) is 0 Å². The van der Waals surface area contributed by atoms with Crippen molar-refractivity contribution in [1.29, 1.82) is 0 Å². The minimum absolute atomic E-state index is 0.0701. The smallest absolute Gasteiger partial charge is 0.164 e. The first-order chi connectivity index (χ1) is 11.2. The molecule has 1 aromatic carbocycles. The number of rotatable bonds is 5. The minimum Gasteiger partial charge on any atom is -0.378 e. The minimum atomic E-state index is 0.0701. The van der Waals surface area contributed by atoms with Gasteiger partial charge in [-0.05, 0) is 11.6 Å². The second-order valence-corrected chi connectivity index (χ2v) is 6.07. The highest BCUT2D eigenvalue weighted by molar-refractivity contribution is 6.31. The Morgan fingerprint density at radius 2 is 2.13 bits per heavy atom. The highest BCUT2D eigenvalue weighted by atomic mass is 35.5. The van der Waals surface area contributed by atoms with Crippen LogP contribution in [0.3, 0.4) is 0 Å². The Labute approximate surface area is 141 Å². The zero-order valence-corrected chi connectivity index (χ0v) is 13.6. The van der Waals surface area contributed by atoms with Gasteiger partial charge in [0.1, 0.15) is 0 Å². The van der Waals surface area contributed by atoms with E-state index >= 15 is 0 Å². The second kappa shape index (κ2) is 7.68. The van der Waals surface area contributed by atoms with Crippen LogP contribution in [0, 0.1) is 0 Å². The van der Waals surface area contributed by atoms with Gasteiger partial charge in [0.25, 0.3) is 0 Å². The van der Waals surface area contributed by atoms with Crippen molar-refractivity contribution in [3.8, 4) is 0 Å². The number of ether oxygens (including phenoxy) is 1. The van der Waals surface area contributed by atoms with Gasteiger partial charge in [-0.2, -0.15) is 0 Å². The highest BCUT2D eigenvalue weighted by Crippen LogP contribution is 2.21. The molecule has 0 bridgehead atoms. The van der Waals surface area contributed by atoms with Gasteiger partial charge in [0, 0.05) is 43.5 Å². The van der Waals surface area contributed by atoms with Crippen LogP contribution in [0.4, 0.5) is 0 Å². The summed E-state index contributed by atoms with van der Waals surface area (Å²) in [6, 6.07) is 11.4. The van der Waals surface area contributed by atoms with E-state index in [1.807, 2.05) is 36.4 Å². The Kier molecular flexibility index (Phi) is 5.39. The molecule has 3 rings (SSSR count). The molecule has 0 radical (unpaired) electrons. The van der Waals surface area contributed by atoms with Crippen molar-refractivity contribution in [3.05, 3.63) is 64.9 Å². The topological polar surface area (TPSA) is 42.4 Å². The van der Waals surface area contributed by atoms with Crippen molar-refractivity contribution in [2.75, 3.05) is 19.8 Å². The quantitative estimate of drug-likeness (QED) is 0.789. The molecule has 23 heavy (non-hydrogen) atoms. The lowest BCUT2D eigenvalue weighted by Crippen LogP contribution is -2.45. The summed E-state index contributed by atoms with van der Waals surface area (Å²) in [4.78, 5) is 18.7. The van der Waals surface area contributed by atoms with Crippen LogP contribution in [0.5, 0.6) is 0 Å². The van der Waals surface area contributed by atoms with E-state index in [-0.39, 0.29) is 11.8 Å². The maximum absolute atomic E-state index is 12.5. The molecule has 2 aromatic rings. The number of carbonyl (C=O) groups is 1. The molecule has 1 fully saturated rings. The van der Waals surface area contributed by atoms with Gasteiger partial charge in [0.05, 0.1) is 18.2 Å². The fourth-order valence-corrected chi connectivity index (χ4v) is 2.97. The van der Waals surface area contributed by atoms with E-state index in [2.05, 4.69) is 9.88 Å². The van der Waals surface area contributed by atoms with Crippen LogP contribution >= 0.6 is 11.6 Å². The molecule has 5 heteroatoms. The molecule has 0 spiro atoms. The van der Waals surface area contributed by atoms with Gasteiger partial charge < -0.3 is 4.74 Å². The summed E-state index contributed by atoms with van der Waals surface area (Å²) < 4.78 is 5.58. The summed E-state index contributed by atoms with van der Waals surface area (Å²) >= 11 is 6.21. The summed E-state index contributed by atoms with van der Waals surface area (Å²) in [5, 5.41) is 0.659. The van der Waals surface area contributed by atoms with E-state index in [4.69, 9.17) is 16.3 Å². The lowest BCUT2D eigenvalue weighted by atomic mass is 10.0. The number of nitrogens with zero attached hydrogens (tertiary/aromatic N) is 2. The fraction of sp³-hybridized carbons (Fsp3) is 0.333. The van der Waals surface area contributed by atoms with E-state index in [1.54, 1.807) is 12.4 Å². The van der Waals surface area contributed by atoms with Gasteiger partial charge in [0.15, 0.2) is 5.78 Å². The summed E-state index contributed by atoms with van der Waals surface area (Å²) in [5.41, 5.74) is 1.78.